The van der Waals surface area contributed by atoms with Gasteiger partial charge in [-0.1, -0.05) is 18.6 Å². The summed E-state index contributed by atoms with van der Waals surface area (Å²) in [6.07, 6.45) is 2.61. The van der Waals surface area contributed by atoms with E-state index in [-0.39, 0.29) is 17.1 Å². The van der Waals surface area contributed by atoms with E-state index in [0.717, 1.165) is 28.7 Å². The predicted molar refractivity (Wildman–Crippen MR) is 110 cm³/mol. The zero-order valence-corrected chi connectivity index (χ0v) is 17.5. The van der Waals surface area contributed by atoms with Crippen molar-refractivity contribution in [2.24, 2.45) is 0 Å². The second kappa shape index (κ2) is 9.22. The predicted octanol–water partition coefficient (Wildman–Crippen LogP) is 2.02. The number of allylic oxidation sites excluding steroid dienone is 1. The van der Waals surface area contributed by atoms with Crippen LogP contribution in [0.1, 0.15) is 42.9 Å². The van der Waals surface area contributed by atoms with E-state index in [1.165, 1.54) is 0 Å². The molecule has 156 valence electrons. The van der Waals surface area contributed by atoms with Crippen LogP contribution in [-0.2, 0) is 9.84 Å². The summed E-state index contributed by atoms with van der Waals surface area (Å²) in [6.45, 7) is 4.65. The number of hydrogen-bond donors (Lipinski definition) is 4. The Morgan fingerprint density at radius 1 is 1.25 bits per heavy atom. The molecule has 0 amide bonds. The van der Waals surface area contributed by atoms with E-state index in [4.69, 9.17) is 0 Å². The molecule has 7 heteroatoms. The van der Waals surface area contributed by atoms with Crippen molar-refractivity contribution in [2.75, 3.05) is 19.0 Å². The third kappa shape index (κ3) is 4.84. The molecule has 2 rings (SSSR count). The summed E-state index contributed by atoms with van der Waals surface area (Å²) in [6, 6.07) is 3.79. The summed E-state index contributed by atoms with van der Waals surface area (Å²) < 4.78 is 24.3. The van der Waals surface area contributed by atoms with Crippen LogP contribution < -0.4 is 0 Å². The molecular weight excluding hydrogens is 380 g/mol. The third-order valence-corrected chi connectivity index (χ3v) is 7.38. The largest absolute Gasteiger partial charge is 0.507 e. The van der Waals surface area contributed by atoms with Gasteiger partial charge in [-0.3, -0.25) is 0 Å². The molecule has 1 heterocycles. The second-order valence-electron chi connectivity index (χ2n) is 7.41. The van der Waals surface area contributed by atoms with Crippen LogP contribution in [0.2, 0.25) is 0 Å². The van der Waals surface area contributed by atoms with Gasteiger partial charge >= 0.3 is 0 Å². The van der Waals surface area contributed by atoms with Crippen LogP contribution in [0.4, 0.5) is 0 Å². The van der Waals surface area contributed by atoms with Gasteiger partial charge in [-0.05, 0) is 73.1 Å². The highest BCUT2D eigenvalue weighted by Gasteiger charge is 2.40. The van der Waals surface area contributed by atoms with Gasteiger partial charge in [0.05, 0.1) is 25.1 Å². The first-order valence-electron chi connectivity index (χ1n) is 9.47. The molecule has 1 aliphatic rings. The lowest BCUT2D eigenvalue weighted by atomic mass is 9.94. The summed E-state index contributed by atoms with van der Waals surface area (Å²) in [5.74, 6) is -0.0319. The first-order chi connectivity index (χ1) is 13.1. The van der Waals surface area contributed by atoms with E-state index in [1.807, 2.05) is 39.0 Å². The number of rotatable bonds is 8. The molecule has 0 saturated carbocycles. The summed E-state index contributed by atoms with van der Waals surface area (Å²) in [5.41, 5.74) is 4.17. The second-order valence-corrected chi connectivity index (χ2v) is 9.59. The van der Waals surface area contributed by atoms with Crippen molar-refractivity contribution in [1.29, 1.82) is 0 Å². The molecule has 0 spiro atoms. The normalized spacial score (nSPS) is 20.6. The molecule has 0 saturated heterocycles. The lowest BCUT2D eigenvalue weighted by Crippen LogP contribution is -2.29. The van der Waals surface area contributed by atoms with Crippen molar-refractivity contribution in [3.63, 3.8) is 0 Å². The fourth-order valence-electron chi connectivity index (χ4n) is 3.78. The van der Waals surface area contributed by atoms with Gasteiger partial charge in [0.15, 0.2) is 9.84 Å². The topological polar surface area (TPSA) is 115 Å². The molecule has 0 bridgehead atoms. The number of hydrogen-bond acceptors (Lipinski definition) is 6. The van der Waals surface area contributed by atoms with E-state index < -0.39 is 34.4 Å². The van der Waals surface area contributed by atoms with Gasteiger partial charge in [0.1, 0.15) is 11.0 Å². The minimum atomic E-state index is -3.58. The van der Waals surface area contributed by atoms with Crippen LogP contribution >= 0.6 is 0 Å². The minimum absolute atomic E-state index is 0.247. The third-order valence-electron chi connectivity index (χ3n) is 5.36. The molecule has 1 aromatic carbocycles. The van der Waals surface area contributed by atoms with Crippen molar-refractivity contribution in [2.45, 2.75) is 51.4 Å². The van der Waals surface area contributed by atoms with Crippen molar-refractivity contribution in [3.8, 4) is 5.75 Å². The van der Waals surface area contributed by atoms with E-state index in [9.17, 15) is 28.8 Å². The SMILES string of the molecule is CC/C(=C\c1cc(C)c(O)c(C)c1)CC[C@@H](O)C1=C(CO)CS(=O)(=O)[C@H]1CO. The quantitative estimate of drug-likeness (QED) is 0.488. The molecule has 0 aromatic heterocycles. The van der Waals surface area contributed by atoms with Gasteiger partial charge in [-0.15, -0.1) is 0 Å². The highest BCUT2D eigenvalue weighted by Crippen LogP contribution is 2.32. The standard InChI is InChI=1S/C21H30O6S/c1-4-15(9-16-7-13(2)21(25)14(3)8-16)5-6-18(24)20-17(10-22)12-28(26,27)19(20)11-23/h7-9,18-19,22-25H,4-6,10-12H2,1-3H3/b15-9+/t18-,19+/m1/s1. The van der Waals surface area contributed by atoms with Crippen molar-refractivity contribution in [1.82, 2.24) is 0 Å². The van der Waals surface area contributed by atoms with E-state index >= 15 is 0 Å². The zero-order chi connectivity index (χ0) is 21.1. The van der Waals surface area contributed by atoms with Crippen molar-refractivity contribution in [3.05, 3.63) is 45.5 Å². The summed E-state index contributed by atoms with van der Waals surface area (Å²) in [5, 5.41) is 38.4. The molecule has 0 aliphatic carbocycles. The van der Waals surface area contributed by atoms with Gasteiger partial charge in [0.25, 0.3) is 0 Å². The number of sulfone groups is 1. The molecule has 28 heavy (non-hydrogen) atoms. The highest BCUT2D eigenvalue weighted by atomic mass is 32.2. The average molecular weight is 411 g/mol. The minimum Gasteiger partial charge on any atom is -0.507 e. The summed E-state index contributed by atoms with van der Waals surface area (Å²) in [4.78, 5) is 0. The number of aromatic hydroxyl groups is 1. The van der Waals surface area contributed by atoms with E-state index in [0.29, 0.717) is 18.4 Å². The molecular formula is C21H30O6S. The Morgan fingerprint density at radius 2 is 1.86 bits per heavy atom. The van der Waals surface area contributed by atoms with Crippen LogP contribution in [0.3, 0.4) is 0 Å². The Kier molecular flexibility index (Phi) is 7.45. The molecule has 1 aliphatic heterocycles. The van der Waals surface area contributed by atoms with Crippen LogP contribution in [0.15, 0.2) is 28.9 Å². The van der Waals surface area contributed by atoms with Crippen molar-refractivity contribution >= 4 is 15.9 Å². The number of phenols is 1. The Bertz CT molecular complexity index is 859. The van der Waals surface area contributed by atoms with Crippen LogP contribution in [0.25, 0.3) is 6.08 Å². The molecule has 0 fully saturated rings. The molecule has 6 nitrogen and oxygen atoms in total. The van der Waals surface area contributed by atoms with Gasteiger partial charge in [-0.2, -0.15) is 0 Å². The summed E-state index contributed by atoms with van der Waals surface area (Å²) in [7, 11) is -3.58. The first-order valence-corrected chi connectivity index (χ1v) is 11.2. The Labute approximate surface area is 166 Å². The number of benzene rings is 1. The maximum atomic E-state index is 12.1. The fourth-order valence-corrected chi connectivity index (χ4v) is 5.67. The maximum Gasteiger partial charge on any atom is 0.163 e. The van der Waals surface area contributed by atoms with Gasteiger partial charge in [0.2, 0.25) is 0 Å². The van der Waals surface area contributed by atoms with Gasteiger partial charge < -0.3 is 20.4 Å². The Hall–Kier alpha value is -1.67. The molecule has 0 unspecified atom stereocenters. The van der Waals surface area contributed by atoms with E-state index in [1.54, 1.807) is 0 Å². The average Bonchev–Trinajstić information content (AvgIpc) is 2.92. The lowest BCUT2D eigenvalue weighted by molar-refractivity contribution is 0.186. The van der Waals surface area contributed by atoms with Gasteiger partial charge in [0, 0.05) is 0 Å². The van der Waals surface area contributed by atoms with Crippen molar-refractivity contribution < 1.29 is 28.8 Å². The highest BCUT2D eigenvalue weighted by molar-refractivity contribution is 7.92. The van der Waals surface area contributed by atoms with Crippen LogP contribution in [0, 0.1) is 13.8 Å². The van der Waals surface area contributed by atoms with Crippen LogP contribution in [-0.4, -0.2) is 59.2 Å². The summed E-state index contributed by atoms with van der Waals surface area (Å²) >= 11 is 0. The van der Waals surface area contributed by atoms with E-state index in [2.05, 4.69) is 0 Å². The number of phenolic OH excluding ortho intramolecular Hbond substituents is 1. The number of aryl methyl sites for hydroxylation is 2. The smallest absolute Gasteiger partial charge is 0.163 e. The zero-order valence-electron chi connectivity index (χ0n) is 16.6. The first kappa shape index (κ1) is 22.6. The lowest BCUT2D eigenvalue weighted by Gasteiger charge is -2.19. The number of aliphatic hydroxyl groups excluding tert-OH is 3. The Morgan fingerprint density at radius 3 is 2.36 bits per heavy atom. The maximum absolute atomic E-state index is 12.1. The van der Waals surface area contributed by atoms with Gasteiger partial charge in [-0.25, -0.2) is 8.42 Å². The number of aliphatic hydroxyl groups is 3. The Balaban J connectivity index is 2.19. The fraction of sp³-hybridized carbons (Fsp3) is 0.524. The molecule has 2 atom stereocenters. The molecule has 1 aromatic rings. The molecule has 4 N–H and O–H groups in total. The monoisotopic (exact) mass is 410 g/mol. The molecule has 0 radical (unpaired) electrons. The van der Waals surface area contributed by atoms with Crippen LogP contribution in [0.5, 0.6) is 5.75 Å².